The molecule has 0 aliphatic heterocycles. The van der Waals surface area contributed by atoms with Gasteiger partial charge >= 0.3 is 0 Å². The molecule has 0 saturated heterocycles. The highest BCUT2D eigenvalue weighted by Gasteiger charge is 2.35. The van der Waals surface area contributed by atoms with Gasteiger partial charge in [0, 0.05) is 58.6 Å². The van der Waals surface area contributed by atoms with E-state index in [0.717, 1.165) is 120 Å². The zero-order chi connectivity index (χ0) is 56.0. The molecule has 0 aliphatic rings. The van der Waals surface area contributed by atoms with Gasteiger partial charge in [-0.25, -0.2) is 0 Å². The van der Waals surface area contributed by atoms with Gasteiger partial charge < -0.3 is 18.3 Å². The number of para-hydroxylation sites is 6. The molecule has 7 heteroatoms. The molecule has 0 spiro atoms. The smallest absolute Gasteiger partial charge is 0.104 e. The number of rotatable bonds is 6. The lowest BCUT2D eigenvalue weighted by Gasteiger charge is -2.27. The summed E-state index contributed by atoms with van der Waals surface area (Å²) in [6, 6.07) is 101. The Labute approximate surface area is 490 Å². The Morgan fingerprint density at radius 3 is 1.14 bits per heavy atom. The molecule has 0 unspecified atom stereocenters. The summed E-state index contributed by atoms with van der Waals surface area (Å²) in [5.41, 5.74) is 15.0. The lowest BCUT2D eigenvalue weighted by molar-refractivity contribution is 1.03. The minimum absolute atomic E-state index is 0.415. The van der Waals surface area contributed by atoms with E-state index in [1.165, 1.54) is 20.9 Å². The third-order valence-electron chi connectivity index (χ3n) is 17.8. The van der Waals surface area contributed by atoms with Gasteiger partial charge in [0.2, 0.25) is 0 Å². The van der Waals surface area contributed by atoms with Crippen molar-refractivity contribution in [1.82, 2.24) is 18.3 Å². The van der Waals surface area contributed by atoms with Gasteiger partial charge in [-0.1, -0.05) is 218 Å². The summed E-state index contributed by atoms with van der Waals surface area (Å²) >= 11 is 1.77. The van der Waals surface area contributed by atoms with Crippen LogP contribution in [0.2, 0.25) is 0 Å². The number of fused-ring (bicyclic) bond motifs is 17. The number of nitriles is 2. The van der Waals surface area contributed by atoms with Gasteiger partial charge in [0.15, 0.2) is 0 Å². The fourth-order valence-corrected chi connectivity index (χ4v) is 15.6. The van der Waals surface area contributed by atoms with Crippen LogP contribution in [0.25, 0.3) is 163 Å². The summed E-state index contributed by atoms with van der Waals surface area (Å²) in [4.78, 5) is 0. The fraction of sp³-hybridized carbons (Fsp3) is 0. The Hall–Kier alpha value is -11.5. The highest BCUT2D eigenvalue weighted by atomic mass is 32.1. The van der Waals surface area contributed by atoms with Crippen LogP contribution >= 0.6 is 11.3 Å². The Bertz CT molecular complexity index is 5860. The van der Waals surface area contributed by atoms with E-state index >= 15 is 0 Å². The average molecular weight is 1100 g/mol. The first-order valence-corrected chi connectivity index (χ1v) is 29.4. The van der Waals surface area contributed by atoms with Crippen LogP contribution in [0.3, 0.4) is 0 Å². The van der Waals surface area contributed by atoms with Crippen LogP contribution < -0.4 is 0 Å². The van der Waals surface area contributed by atoms with Gasteiger partial charge in [-0.3, -0.25) is 0 Å². The highest BCUT2D eigenvalue weighted by Crippen LogP contribution is 2.51. The molecule has 0 fully saturated rings. The molecule has 6 nitrogen and oxygen atoms in total. The maximum Gasteiger partial charge on any atom is 0.104 e. The first-order chi connectivity index (χ1) is 42.2. The van der Waals surface area contributed by atoms with Crippen molar-refractivity contribution < 1.29 is 0 Å². The molecule has 0 N–H and O–H groups in total. The van der Waals surface area contributed by atoms with E-state index in [-0.39, 0.29) is 0 Å². The molecule has 18 aromatic rings. The summed E-state index contributed by atoms with van der Waals surface area (Å²) in [5, 5.41) is 39.0. The van der Waals surface area contributed by atoms with Crippen molar-refractivity contribution in [2.75, 3.05) is 0 Å². The molecule has 0 atom stereocenters. The highest BCUT2D eigenvalue weighted by molar-refractivity contribution is 7.26. The van der Waals surface area contributed by atoms with Crippen LogP contribution in [0.4, 0.5) is 0 Å². The first-order valence-electron chi connectivity index (χ1n) is 28.6. The normalized spacial score (nSPS) is 12.0. The van der Waals surface area contributed by atoms with E-state index in [9.17, 15) is 10.5 Å². The second kappa shape index (κ2) is 18.0. The van der Waals surface area contributed by atoms with Crippen molar-refractivity contribution in [2.24, 2.45) is 0 Å². The summed E-state index contributed by atoms with van der Waals surface area (Å²) in [5.74, 6) is 0. The van der Waals surface area contributed by atoms with Crippen molar-refractivity contribution in [1.29, 1.82) is 10.5 Å². The van der Waals surface area contributed by atoms with Gasteiger partial charge in [0.25, 0.3) is 0 Å². The summed E-state index contributed by atoms with van der Waals surface area (Å²) in [6.45, 7) is 0. The number of thiophene rings is 1. The molecule has 0 bridgehead atoms. The largest absolute Gasteiger partial charge is 0.306 e. The zero-order valence-corrected chi connectivity index (χ0v) is 46.3. The SMILES string of the molecule is N#Cc1c(-n2c3ccccc3c3ccccc32)c(-n2c3ccccc3c3ccccc32)c(C#N)c(-n2c3cc(-c4ccccc4-c4cccc5ccccc45)ccc3c3ccc4c5ccccc5sc4c32)c1-n1c2ccccc2c2ccccc21. The van der Waals surface area contributed by atoms with Crippen LogP contribution in [0.5, 0.6) is 0 Å². The van der Waals surface area contributed by atoms with Crippen LogP contribution in [0.15, 0.2) is 267 Å². The van der Waals surface area contributed by atoms with Crippen molar-refractivity contribution in [3.8, 4) is 57.1 Å². The number of hydrogen-bond acceptors (Lipinski definition) is 3. The predicted molar refractivity (Wildman–Crippen MR) is 354 cm³/mol. The Morgan fingerprint density at radius 2 is 0.635 bits per heavy atom. The van der Waals surface area contributed by atoms with Crippen LogP contribution in [-0.2, 0) is 0 Å². The van der Waals surface area contributed by atoms with Crippen molar-refractivity contribution >= 4 is 130 Å². The second-order valence-electron chi connectivity index (χ2n) is 22.1. The quantitative estimate of drug-likeness (QED) is 0.166. The van der Waals surface area contributed by atoms with Gasteiger partial charge in [0.05, 0.1) is 71.6 Å². The molecule has 13 aromatic carbocycles. The molecule has 85 heavy (non-hydrogen) atoms. The van der Waals surface area contributed by atoms with Gasteiger partial charge in [0.1, 0.15) is 23.3 Å². The molecule has 0 saturated carbocycles. The van der Waals surface area contributed by atoms with Gasteiger partial charge in [-0.2, -0.15) is 10.5 Å². The molecule has 0 aliphatic carbocycles. The second-order valence-corrected chi connectivity index (χ2v) is 23.1. The van der Waals surface area contributed by atoms with Gasteiger partial charge in [-0.05, 0) is 81.6 Å². The lowest BCUT2D eigenvalue weighted by Crippen LogP contribution is -2.16. The number of hydrogen-bond donors (Lipinski definition) is 0. The average Bonchev–Trinajstić information content (AvgIpc) is 2.23. The summed E-state index contributed by atoms with van der Waals surface area (Å²) in [6.07, 6.45) is 0. The maximum atomic E-state index is 13.1. The lowest BCUT2D eigenvalue weighted by atomic mass is 9.91. The minimum atomic E-state index is 0.415. The van der Waals surface area contributed by atoms with Crippen molar-refractivity contribution in [3.63, 3.8) is 0 Å². The number of nitrogens with zero attached hydrogens (tertiary/aromatic N) is 6. The molecular weight excluding hydrogens is 1050 g/mol. The fourth-order valence-electron chi connectivity index (χ4n) is 14.4. The van der Waals surface area contributed by atoms with E-state index in [1.54, 1.807) is 11.3 Å². The van der Waals surface area contributed by atoms with Gasteiger partial charge in [-0.15, -0.1) is 11.3 Å². The third-order valence-corrected chi connectivity index (χ3v) is 19.0. The molecule has 392 valence electrons. The zero-order valence-electron chi connectivity index (χ0n) is 45.5. The number of benzene rings is 13. The topological polar surface area (TPSA) is 67.3 Å². The van der Waals surface area contributed by atoms with Crippen LogP contribution in [0.1, 0.15) is 11.1 Å². The minimum Gasteiger partial charge on any atom is -0.306 e. The van der Waals surface area contributed by atoms with Crippen LogP contribution in [0, 0.1) is 22.7 Å². The van der Waals surface area contributed by atoms with Crippen molar-refractivity contribution in [2.45, 2.75) is 0 Å². The molecule has 18 rings (SSSR count). The number of aromatic nitrogens is 4. The molecule has 5 aromatic heterocycles. The van der Waals surface area contributed by atoms with Crippen molar-refractivity contribution in [3.05, 3.63) is 278 Å². The van der Waals surface area contributed by atoms with E-state index in [1.807, 2.05) is 0 Å². The Morgan fingerprint density at radius 1 is 0.271 bits per heavy atom. The molecular formula is C78H44N6S. The van der Waals surface area contributed by atoms with E-state index in [4.69, 9.17) is 0 Å². The first kappa shape index (κ1) is 47.2. The summed E-state index contributed by atoms with van der Waals surface area (Å²) in [7, 11) is 0. The van der Waals surface area contributed by atoms with E-state index < -0.39 is 0 Å². The monoisotopic (exact) mass is 1100 g/mol. The van der Waals surface area contributed by atoms with E-state index in [2.05, 4.69) is 297 Å². The third kappa shape index (κ3) is 6.50. The molecule has 0 radical (unpaired) electrons. The summed E-state index contributed by atoms with van der Waals surface area (Å²) < 4.78 is 11.5. The maximum absolute atomic E-state index is 13.1. The van der Waals surface area contributed by atoms with Crippen LogP contribution in [-0.4, -0.2) is 18.3 Å². The Kier molecular flexibility index (Phi) is 10.00. The standard InChI is InChI=1S/C78H44N6S/c79-45-63-73(81-65-33-12-5-25-53(65)54-26-6-13-34-66(54)81)74(82-67-35-14-7-27-55(67)56-28-8-15-36-68(56)82)64(46-80)76(75(63)83-69-37-16-9-29-57(69)58-30-10-17-38-70(58)83)84-71-44-48(50-23-3-4-24-51(50)52-32-19-21-47-20-1-2-22-49(47)52)40-41-59(71)61-42-43-62-60-31-11-18-39-72(60)85-78(62)77(61)84/h1-44H. The van der Waals surface area contributed by atoms with E-state index in [0.29, 0.717) is 33.9 Å². The molecule has 0 amide bonds. The predicted octanol–water partition coefficient (Wildman–Crippen LogP) is 20.7. The Balaban J connectivity index is 1.12. The molecule has 5 heterocycles.